The quantitative estimate of drug-likeness (QED) is 0.175. The summed E-state index contributed by atoms with van der Waals surface area (Å²) in [7, 11) is 0. The third-order valence-corrected chi connectivity index (χ3v) is 9.19. The molecule has 2 fully saturated rings. The maximum absolute atomic E-state index is 12.8. The number of furan rings is 1. The number of Topliss-reactive ketones (excluding diaryl/α,β-unsaturated/α-hetero) is 1. The van der Waals surface area contributed by atoms with Crippen molar-refractivity contribution in [2.45, 2.75) is 52.2 Å². The summed E-state index contributed by atoms with van der Waals surface area (Å²) >= 11 is 0. The summed E-state index contributed by atoms with van der Waals surface area (Å²) in [6, 6.07) is 21.3. The van der Waals surface area contributed by atoms with Crippen LogP contribution in [0.15, 0.2) is 71.1 Å². The van der Waals surface area contributed by atoms with Crippen molar-refractivity contribution in [1.82, 2.24) is 20.0 Å². The molecule has 0 unspecified atom stereocenters. The summed E-state index contributed by atoms with van der Waals surface area (Å²) < 4.78 is 11.7. The van der Waals surface area contributed by atoms with Crippen LogP contribution < -0.4 is 10.6 Å². The molecule has 5 rings (SSSR count). The van der Waals surface area contributed by atoms with E-state index in [2.05, 4.69) is 20.4 Å². The zero-order chi connectivity index (χ0) is 33.0. The lowest BCUT2D eigenvalue weighted by Gasteiger charge is -2.34. The van der Waals surface area contributed by atoms with Crippen LogP contribution in [0, 0.1) is 5.92 Å². The van der Waals surface area contributed by atoms with E-state index in [-0.39, 0.29) is 30.3 Å². The standard InChI is InChI=1S/C37H49N5O5/c1-3-42(4-2)36(44)29-13-10-21-41(26-29)27-31-16-17-35(46-31)34(43)25-38-20-24-40-22-18-30(19-23-40)47-37(45)39-33-15-9-8-14-32(33)28-11-6-5-7-12-28/h5-9,11-12,14-17,29-30,38H,3-4,10,13,18-27H2,1-2H3,(H,39,45)/t29-/m1/s1. The first kappa shape index (κ1) is 34.3. The van der Waals surface area contributed by atoms with E-state index in [9.17, 15) is 14.4 Å². The summed E-state index contributed by atoms with van der Waals surface area (Å²) in [5.74, 6) is 1.31. The molecule has 47 heavy (non-hydrogen) atoms. The summed E-state index contributed by atoms with van der Waals surface area (Å²) in [6.07, 6.45) is 2.88. The first-order valence-electron chi connectivity index (χ1n) is 17.1. The normalized spacial score (nSPS) is 17.7. The Labute approximate surface area is 278 Å². The van der Waals surface area contributed by atoms with E-state index in [1.54, 1.807) is 6.07 Å². The van der Waals surface area contributed by atoms with Gasteiger partial charge in [0.25, 0.3) is 0 Å². The molecule has 10 heteroatoms. The number of rotatable bonds is 14. The van der Waals surface area contributed by atoms with Gasteiger partial charge in [-0.2, -0.15) is 0 Å². The molecule has 2 aliphatic heterocycles. The number of ketones is 1. The maximum atomic E-state index is 12.8. The van der Waals surface area contributed by atoms with E-state index in [4.69, 9.17) is 9.15 Å². The second kappa shape index (κ2) is 17.2. The Balaban J connectivity index is 0.972. The number of carbonyl (C=O) groups is 3. The lowest BCUT2D eigenvalue weighted by atomic mass is 9.96. The highest BCUT2D eigenvalue weighted by Gasteiger charge is 2.29. The van der Waals surface area contributed by atoms with E-state index >= 15 is 0 Å². The van der Waals surface area contributed by atoms with Gasteiger partial charge in [0.1, 0.15) is 11.9 Å². The molecular weight excluding hydrogens is 594 g/mol. The SMILES string of the molecule is CCN(CC)C(=O)[C@@H]1CCCN(Cc2ccc(C(=O)CNCCN3CCC(OC(=O)Nc4ccccc4-c4ccccc4)CC3)o2)C1. The molecular formula is C37H49N5O5. The van der Waals surface area contributed by atoms with Gasteiger partial charge in [-0.3, -0.25) is 19.8 Å². The Bertz CT molecular complexity index is 1450. The van der Waals surface area contributed by atoms with Crippen molar-refractivity contribution < 1.29 is 23.5 Å². The van der Waals surface area contributed by atoms with Crippen molar-refractivity contribution in [3.8, 4) is 11.1 Å². The van der Waals surface area contributed by atoms with Gasteiger partial charge in [-0.1, -0.05) is 48.5 Å². The molecule has 1 atom stereocenters. The first-order chi connectivity index (χ1) is 22.9. The van der Waals surface area contributed by atoms with Gasteiger partial charge in [-0.15, -0.1) is 0 Å². The fourth-order valence-electron chi connectivity index (χ4n) is 6.56. The van der Waals surface area contributed by atoms with Crippen molar-refractivity contribution in [3.63, 3.8) is 0 Å². The molecule has 1 aromatic heterocycles. The largest absolute Gasteiger partial charge is 0.457 e. The van der Waals surface area contributed by atoms with Gasteiger partial charge < -0.3 is 24.3 Å². The van der Waals surface area contributed by atoms with E-state index < -0.39 is 6.09 Å². The van der Waals surface area contributed by atoms with Crippen LogP contribution in [-0.2, 0) is 16.1 Å². The number of piperidine rings is 2. The molecule has 0 bridgehead atoms. The van der Waals surface area contributed by atoms with Crippen LogP contribution in [0.3, 0.4) is 0 Å². The molecule has 2 aliphatic rings. The van der Waals surface area contributed by atoms with Gasteiger partial charge in [0.05, 0.1) is 24.7 Å². The molecule has 2 saturated heterocycles. The molecule has 0 aliphatic carbocycles. The molecule has 3 aromatic rings. The summed E-state index contributed by atoms with van der Waals surface area (Å²) in [6.45, 7) is 11.1. The molecule has 0 radical (unpaired) electrons. The minimum Gasteiger partial charge on any atom is -0.457 e. The van der Waals surface area contributed by atoms with Gasteiger partial charge in [-0.25, -0.2) is 4.79 Å². The van der Waals surface area contributed by atoms with Crippen molar-refractivity contribution in [2.75, 3.05) is 64.2 Å². The predicted molar refractivity (Wildman–Crippen MR) is 183 cm³/mol. The molecule has 0 spiro atoms. The number of hydrogen-bond acceptors (Lipinski definition) is 8. The molecule has 3 heterocycles. The van der Waals surface area contributed by atoms with Crippen molar-refractivity contribution in [2.24, 2.45) is 5.92 Å². The Morgan fingerprint density at radius 2 is 1.64 bits per heavy atom. The fourth-order valence-corrected chi connectivity index (χ4v) is 6.56. The zero-order valence-electron chi connectivity index (χ0n) is 27.8. The monoisotopic (exact) mass is 643 g/mol. The first-order valence-corrected chi connectivity index (χ1v) is 17.1. The summed E-state index contributed by atoms with van der Waals surface area (Å²) in [5.41, 5.74) is 2.72. The molecule has 0 saturated carbocycles. The number of hydrogen-bond donors (Lipinski definition) is 2. The Hall–Kier alpha value is -3.99. The van der Waals surface area contributed by atoms with Crippen LogP contribution in [0.2, 0.25) is 0 Å². The number of likely N-dealkylation sites (tertiary alicyclic amines) is 2. The van der Waals surface area contributed by atoms with Gasteiger partial charge in [0.2, 0.25) is 11.7 Å². The lowest BCUT2D eigenvalue weighted by Crippen LogP contribution is -2.44. The van der Waals surface area contributed by atoms with Crippen LogP contribution >= 0.6 is 0 Å². The average Bonchev–Trinajstić information content (AvgIpc) is 3.57. The second-order valence-corrected chi connectivity index (χ2v) is 12.4. The summed E-state index contributed by atoms with van der Waals surface area (Å²) in [4.78, 5) is 44.8. The van der Waals surface area contributed by atoms with Crippen LogP contribution in [0.5, 0.6) is 0 Å². The number of para-hydroxylation sites is 1. The van der Waals surface area contributed by atoms with Gasteiger partial charge >= 0.3 is 6.09 Å². The highest BCUT2D eigenvalue weighted by molar-refractivity contribution is 5.95. The number of amides is 2. The van der Waals surface area contributed by atoms with Crippen molar-refractivity contribution in [1.29, 1.82) is 0 Å². The Kier molecular flexibility index (Phi) is 12.6. The number of nitrogens with one attached hydrogen (secondary N) is 2. The average molecular weight is 644 g/mol. The Morgan fingerprint density at radius 1 is 0.894 bits per heavy atom. The molecule has 2 amide bonds. The topological polar surface area (TPSA) is 107 Å². The van der Waals surface area contributed by atoms with Crippen LogP contribution in [0.25, 0.3) is 11.1 Å². The zero-order valence-corrected chi connectivity index (χ0v) is 27.8. The number of nitrogens with zero attached hydrogens (tertiary/aromatic N) is 3. The molecule has 2 N–H and O–H groups in total. The Morgan fingerprint density at radius 3 is 2.40 bits per heavy atom. The number of carbonyl (C=O) groups excluding carboxylic acids is 3. The molecule has 252 valence electrons. The number of benzene rings is 2. The number of ether oxygens (including phenoxy) is 1. The van der Waals surface area contributed by atoms with Gasteiger partial charge in [0.15, 0.2) is 5.76 Å². The van der Waals surface area contributed by atoms with Crippen LogP contribution in [0.4, 0.5) is 10.5 Å². The van der Waals surface area contributed by atoms with E-state index in [1.165, 1.54) is 0 Å². The third-order valence-electron chi connectivity index (χ3n) is 9.19. The number of anilines is 1. The van der Waals surface area contributed by atoms with Gasteiger partial charge in [-0.05, 0) is 69.8 Å². The van der Waals surface area contributed by atoms with Crippen LogP contribution in [-0.4, -0.2) is 97.5 Å². The molecule has 10 nitrogen and oxygen atoms in total. The minimum absolute atomic E-state index is 0.0232. The fraction of sp³-hybridized carbons (Fsp3) is 0.486. The highest BCUT2D eigenvalue weighted by Crippen LogP contribution is 2.28. The smallest absolute Gasteiger partial charge is 0.411 e. The molecule has 2 aromatic carbocycles. The minimum atomic E-state index is -0.432. The van der Waals surface area contributed by atoms with Crippen molar-refractivity contribution in [3.05, 3.63) is 78.3 Å². The van der Waals surface area contributed by atoms with E-state index in [0.717, 1.165) is 94.1 Å². The highest BCUT2D eigenvalue weighted by atomic mass is 16.6. The lowest BCUT2D eigenvalue weighted by molar-refractivity contribution is -0.137. The van der Waals surface area contributed by atoms with Crippen molar-refractivity contribution >= 4 is 23.5 Å². The third kappa shape index (κ3) is 9.76. The second-order valence-electron chi connectivity index (χ2n) is 12.4. The maximum Gasteiger partial charge on any atom is 0.411 e. The van der Waals surface area contributed by atoms with E-state index in [0.29, 0.717) is 18.8 Å². The predicted octanol–water partition coefficient (Wildman–Crippen LogP) is 5.51. The van der Waals surface area contributed by atoms with E-state index in [1.807, 2.05) is 79.4 Å². The van der Waals surface area contributed by atoms with Crippen LogP contribution in [0.1, 0.15) is 55.8 Å². The van der Waals surface area contributed by atoms with Gasteiger partial charge in [0, 0.05) is 51.4 Å². The summed E-state index contributed by atoms with van der Waals surface area (Å²) in [5, 5.41) is 6.18.